The molecule has 106 valence electrons. The summed E-state index contributed by atoms with van der Waals surface area (Å²) < 4.78 is 0. The van der Waals surface area contributed by atoms with E-state index < -0.39 is 0 Å². The van der Waals surface area contributed by atoms with E-state index in [-0.39, 0.29) is 5.91 Å². The van der Waals surface area contributed by atoms with Crippen LogP contribution >= 0.6 is 23.1 Å². The highest BCUT2D eigenvalue weighted by molar-refractivity contribution is 7.99. The number of hydrogen-bond donors (Lipinski definition) is 3. The maximum Gasteiger partial charge on any atom is 0.263 e. The number of rotatable bonds is 5. The van der Waals surface area contributed by atoms with Crippen LogP contribution in [0.5, 0.6) is 0 Å². The van der Waals surface area contributed by atoms with E-state index >= 15 is 0 Å². The Morgan fingerprint density at radius 3 is 2.75 bits per heavy atom. The third kappa shape index (κ3) is 3.05. The molecule has 0 bridgehead atoms. The van der Waals surface area contributed by atoms with Gasteiger partial charge in [0, 0.05) is 26.0 Å². The largest absolute Gasteiger partial charge is 0.396 e. The van der Waals surface area contributed by atoms with Crippen LogP contribution in [0.1, 0.15) is 15.2 Å². The third-order valence-corrected chi connectivity index (χ3v) is 4.86. The van der Waals surface area contributed by atoms with Gasteiger partial charge in [-0.05, 0) is 24.0 Å². The molecule has 0 saturated carbocycles. The number of nitrogens with zero attached hydrogens (tertiary/aromatic N) is 1. The van der Waals surface area contributed by atoms with E-state index in [1.54, 1.807) is 19.4 Å². The zero-order valence-corrected chi connectivity index (χ0v) is 12.9. The molecule has 20 heavy (non-hydrogen) atoms. The monoisotopic (exact) mass is 308 g/mol. The molecule has 7 heteroatoms. The van der Waals surface area contributed by atoms with E-state index in [2.05, 4.69) is 15.6 Å². The van der Waals surface area contributed by atoms with Crippen molar-refractivity contribution in [3.8, 4) is 0 Å². The van der Waals surface area contributed by atoms with Crippen molar-refractivity contribution in [1.29, 1.82) is 0 Å². The predicted octanol–water partition coefficient (Wildman–Crippen LogP) is 2.42. The van der Waals surface area contributed by atoms with E-state index in [0.29, 0.717) is 17.1 Å². The fourth-order valence-corrected chi connectivity index (χ4v) is 3.69. The Bertz CT molecular complexity index is 598. The molecule has 0 saturated heterocycles. The van der Waals surface area contributed by atoms with Crippen molar-refractivity contribution in [3.63, 3.8) is 0 Å². The summed E-state index contributed by atoms with van der Waals surface area (Å²) in [6, 6.07) is 3.89. The number of anilines is 2. The molecule has 2 aromatic heterocycles. The quantitative estimate of drug-likeness (QED) is 0.739. The van der Waals surface area contributed by atoms with E-state index in [4.69, 9.17) is 5.73 Å². The molecule has 0 fully saturated rings. The van der Waals surface area contributed by atoms with Crippen molar-refractivity contribution >= 4 is 39.7 Å². The molecule has 4 N–H and O–H groups in total. The van der Waals surface area contributed by atoms with Gasteiger partial charge in [0.2, 0.25) is 0 Å². The van der Waals surface area contributed by atoms with Gasteiger partial charge >= 0.3 is 0 Å². The summed E-state index contributed by atoms with van der Waals surface area (Å²) in [5.74, 6) is -0.153. The third-order valence-electron chi connectivity index (χ3n) is 2.74. The van der Waals surface area contributed by atoms with Crippen molar-refractivity contribution in [1.82, 2.24) is 10.3 Å². The number of pyridine rings is 1. The molecular formula is C13H16N4OS2. The summed E-state index contributed by atoms with van der Waals surface area (Å²) in [7, 11) is 1.60. The lowest BCUT2D eigenvalue weighted by Gasteiger charge is -2.06. The van der Waals surface area contributed by atoms with Gasteiger partial charge in [0.1, 0.15) is 9.88 Å². The van der Waals surface area contributed by atoms with Crippen molar-refractivity contribution < 1.29 is 4.79 Å². The summed E-state index contributed by atoms with van der Waals surface area (Å²) >= 11 is 2.91. The number of carbonyl (C=O) groups is 1. The van der Waals surface area contributed by atoms with Crippen molar-refractivity contribution in [2.45, 2.75) is 11.4 Å². The Morgan fingerprint density at radius 2 is 2.15 bits per heavy atom. The Labute approximate surface area is 126 Å². The highest BCUT2D eigenvalue weighted by atomic mass is 32.2. The first-order chi connectivity index (χ1) is 9.67. The number of thioether (sulfide) groups is 1. The molecule has 0 atom stereocenters. The summed E-state index contributed by atoms with van der Waals surface area (Å²) in [5.41, 5.74) is 7.71. The average Bonchev–Trinajstić information content (AvgIpc) is 2.81. The molecule has 0 aromatic carbocycles. The zero-order chi connectivity index (χ0) is 14.5. The predicted molar refractivity (Wildman–Crippen MR) is 85.5 cm³/mol. The van der Waals surface area contributed by atoms with E-state index in [1.165, 1.54) is 23.1 Å². The van der Waals surface area contributed by atoms with Crippen LogP contribution < -0.4 is 16.4 Å². The number of nitrogens with one attached hydrogen (secondary N) is 2. The van der Waals surface area contributed by atoms with Gasteiger partial charge in [0.15, 0.2) is 0 Å². The fourth-order valence-electron chi connectivity index (χ4n) is 1.71. The van der Waals surface area contributed by atoms with E-state index in [9.17, 15) is 4.79 Å². The molecule has 0 unspecified atom stereocenters. The zero-order valence-electron chi connectivity index (χ0n) is 11.3. The molecule has 0 aliphatic rings. The fraction of sp³-hybridized carbons (Fsp3) is 0.231. The van der Waals surface area contributed by atoms with Crippen LogP contribution in [0, 0.1) is 0 Å². The first-order valence-corrected chi connectivity index (χ1v) is 8.02. The minimum Gasteiger partial charge on any atom is -0.396 e. The van der Waals surface area contributed by atoms with Gasteiger partial charge in [-0.15, -0.1) is 23.1 Å². The standard InChI is InChI=1S/C13H16N4OS2/c1-15-12(18)10-9(14)11(19-2)13(20-10)17-7-8-3-5-16-6-4-8/h3-6,17H,7,14H2,1-2H3,(H,15,18). The lowest BCUT2D eigenvalue weighted by atomic mass is 10.3. The van der Waals surface area contributed by atoms with E-state index in [0.717, 1.165) is 15.5 Å². The maximum atomic E-state index is 11.8. The molecule has 0 aliphatic heterocycles. The Hall–Kier alpha value is -1.73. The van der Waals surface area contributed by atoms with Crippen LogP contribution in [0.15, 0.2) is 29.4 Å². The molecule has 5 nitrogen and oxygen atoms in total. The smallest absolute Gasteiger partial charge is 0.263 e. The van der Waals surface area contributed by atoms with E-state index in [1.807, 2.05) is 18.4 Å². The molecule has 0 aliphatic carbocycles. The minimum absolute atomic E-state index is 0.153. The van der Waals surface area contributed by atoms with Crippen molar-refractivity contribution in [3.05, 3.63) is 35.0 Å². The normalized spacial score (nSPS) is 10.3. The molecule has 2 heterocycles. The average molecular weight is 308 g/mol. The van der Waals surface area contributed by atoms with Gasteiger partial charge < -0.3 is 16.4 Å². The summed E-state index contributed by atoms with van der Waals surface area (Å²) in [4.78, 5) is 17.2. The van der Waals surface area contributed by atoms with Crippen LogP contribution in [-0.4, -0.2) is 24.2 Å². The molecular weight excluding hydrogens is 292 g/mol. The second-order valence-corrected chi connectivity index (χ2v) is 5.83. The second-order valence-electron chi connectivity index (χ2n) is 4.00. The lowest BCUT2D eigenvalue weighted by Crippen LogP contribution is -2.17. The molecule has 2 aromatic rings. The Morgan fingerprint density at radius 1 is 1.45 bits per heavy atom. The van der Waals surface area contributed by atoms with Gasteiger partial charge in [0.05, 0.1) is 10.6 Å². The van der Waals surface area contributed by atoms with Crippen LogP contribution in [0.3, 0.4) is 0 Å². The number of carbonyl (C=O) groups excluding carboxylic acids is 1. The number of nitrogens with two attached hydrogens (primary N) is 1. The highest BCUT2D eigenvalue weighted by Crippen LogP contribution is 2.41. The number of aromatic nitrogens is 1. The Balaban J connectivity index is 2.21. The second kappa shape index (κ2) is 6.62. The summed E-state index contributed by atoms with van der Waals surface area (Å²) in [6.45, 7) is 0.670. The van der Waals surface area contributed by atoms with Gasteiger partial charge in [-0.2, -0.15) is 0 Å². The molecule has 0 radical (unpaired) electrons. The topological polar surface area (TPSA) is 80.0 Å². The number of nitrogen functional groups attached to an aromatic ring is 1. The van der Waals surface area contributed by atoms with Crippen LogP contribution in [0.25, 0.3) is 0 Å². The maximum absolute atomic E-state index is 11.8. The first kappa shape index (κ1) is 14.7. The van der Waals surface area contributed by atoms with Gasteiger partial charge in [0.25, 0.3) is 5.91 Å². The molecule has 2 rings (SSSR count). The highest BCUT2D eigenvalue weighted by Gasteiger charge is 2.19. The number of thiophene rings is 1. The first-order valence-electron chi connectivity index (χ1n) is 5.98. The van der Waals surface area contributed by atoms with Crippen LogP contribution in [-0.2, 0) is 6.54 Å². The minimum atomic E-state index is -0.153. The Kier molecular flexibility index (Phi) is 4.86. The summed E-state index contributed by atoms with van der Waals surface area (Å²) in [5, 5.41) is 6.86. The lowest BCUT2D eigenvalue weighted by molar-refractivity contribution is 0.0968. The number of amides is 1. The van der Waals surface area contributed by atoms with Crippen LogP contribution in [0.4, 0.5) is 10.7 Å². The van der Waals surface area contributed by atoms with Crippen LogP contribution in [0.2, 0.25) is 0 Å². The molecule has 0 spiro atoms. The number of hydrogen-bond acceptors (Lipinski definition) is 6. The SMILES string of the molecule is CNC(=O)c1sc(NCc2ccncc2)c(SC)c1N. The van der Waals surface area contributed by atoms with Gasteiger partial charge in [-0.3, -0.25) is 9.78 Å². The molecule has 1 amide bonds. The van der Waals surface area contributed by atoms with Crippen molar-refractivity contribution in [2.24, 2.45) is 0 Å². The van der Waals surface area contributed by atoms with Gasteiger partial charge in [-0.25, -0.2) is 0 Å². The van der Waals surface area contributed by atoms with Crippen molar-refractivity contribution in [2.75, 3.05) is 24.4 Å². The van der Waals surface area contributed by atoms with Gasteiger partial charge in [-0.1, -0.05) is 0 Å². The summed E-state index contributed by atoms with van der Waals surface area (Å²) in [6.07, 6.45) is 5.46.